The van der Waals surface area contributed by atoms with E-state index in [1.54, 1.807) is 11.3 Å². The Balaban J connectivity index is 1.96. The minimum absolute atomic E-state index is 0.952. The van der Waals surface area contributed by atoms with Gasteiger partial charge in [-0.2, -0.15) is 0 Å². The smallest absolute Gasteiger partial charge is 0.182 e. The molecule has 1 heterocycles. The molecular formula is C8H15N3S. The summed E-state index contributed by atoms with van der Waals surface area (Å²) < 4.78 is 0. The van der Waals surface area contributed by atoms with Crippen molar-refractivity contribution in [3.63, 3.8) is 0 Å². The molecule has 4 heteroatoms. The summed E-state index contributed by atoms with van der Waals surface area (Å²) in [6.45, 7) is 5.22. The first-order valence-corrected chi connectivity index (χ1v) is 5.15. The fourth-order valence-corrected chi connectivity index (χ4v) is 1.43. The van der Waals surface area contributed by atoms with Crippen LogP contribution in [0.5, 0.6) is 0 Å². The summed E-state index contributed by atoms with van der Waals surface area (Å²) in [7, 11) is 0. The van der Waals surface area contributed by atoms with Crippen LogP contribution in [0.25, 0.3) is 0 Å². The van der Waals surface area contributed by atoms with Crippen LogP contribution >= 0.6 is 11.3 Å². The maximum atomic E-state index is 4.11. The third-order valence-corrected chi connectivity index (χ3v) is 2.17. The zero-order valence-electron chi connectivity index (χ0n) is 7.34. The van der Waals surface area contributed by atoms with Crippen LogP contribution < -0.4 is 10.6 Å². The number of hydrogen-bond acceptors (Lipinski definition) is 4. The van der Waals surface area contributed by atoms with Crippen molar-refractivity contribution >= 4 is 16.5 Å². The summed E-state index contributed by atoms with van der Waals surface area (Å²) in [5, 5.41) is 9.52. The highest BCUT2D eigenvalue weighted by atomic mass is 32.1. The largest absolute Gasteiger partial charge is 0.360 e. The second-order valence-corrected chi connectivity index (χ2v) is 3.41. The average molecular weight is 185 g/mol. The molecule has 0 aromatic carbocycles. The van der Waals surface area contributed by atoms with Gasteiger partial charge in [0.2, 0.25) is 0 Å². The van der Waals surface area contributed by atoms with Crippen molar-refractivity contribution in [2.24, 2.45) is 0 Å². The van der Waals surface area contributed by atoms with Crippen LogP contribution in [0.4, 0.5) is 5.13 Å². The van der Waals surface area contributed by atoms with Gasteiger partial charge in [-0.15, -0.1) is 11.3 Å². The fourth-order valence-electron chi connectivity index (χ4n) is 0.870. The van der Waals surface area contributed by atoms with Crippen molar-refractivity contribution in [2.45, 2.75) is 13.3 Å². The van der Waals surface area contributed by atoms with E-state index in [0.29, 0.717) is 0 Å². The molecule has 0 fully saturated rings. The van der Waals surface area contributed by atoms with Gasteiger partial charge in [0.05, 0.1) is 0 Å². The van der Waals surface area contributed by atoms with E-state index in [1.807, 2.05) is 11.6 Å². The van der Waals surface area contributed by atoms with Crippen molar-refractivity contribution in [3.8, 4) is 0 Å². The topological polar surface area (TPSA) is 37.0 Å². The predicted octanol–water partition coefficient (Wildman–Crippen LogP) is 1.55. The molecule has 0 bridgehead atoms. The number of aromatic nitrogens is 1. The molecule has 0 radical (unpaired) electrons. The van der Waals surface area contributed by atoms with Gasteiger partial charge in [0.15, 0.2) is 5.13 Å². The second kappa shape index (κ2) is 5.97. The molecule has 0 spiro atoms. The first kappa shape index (κ1) is 9.48. The maximum absolute atomic E-state index is 4.11. The summed E-state index contributed by atoms with van der Waals surface area (Å²) in [6.07, 6.45) is 3.00. The summed E-state index contributed by atoms with van der Waals surface area (Å²) in [5.74, 6) is 0. The van der Waals surface area contributed by atoms with Crippen LogP contribution in [-0.4, -0.2) is 24.6 Å². The van der Waals surface area contributed by atoms with Crippen LogP contribution in [0.3, 0.4) is 0 Å². The number of thiazole rings is 1. The number of nitrogens with one attached hydrogen (secondary N) is 2. The molecule has 1 aromatic heterocycles. The Morgan fingerprint density at radius 2 is 2.33 bits per heavy atom. The summed E-state index contributed by atoms with van der Waals surface area (Å²) >= 11 is 1.64. The van der Waals surface area contributed by atoms with E-state index >= 15 is 0 Å². The molecule has 0 saturated heterocycles. The highest BCUT2D eigenvalue weighted by Gasteiger charge is 1.91. The second-order valence-electron chi connectivity index (χ2n) is 2.51. The van der Waals surface area contributed by atoms with Gasteiger partial charge in [-0.25, -0.2) is 4.98 Å². The fraction of sp³-hybridized carbons (Fsp3) is 0.625. The van der Waals surface area contributed by atoms with Crippen molar-refractivity contribution < 1.29 is 0 Å². The summed E-state index contributed by atoms with van der Waals surface area (Å²) in [5.41, 5.74) is 0. The van der Waals surface area contributed by atoms with E-state index in [9.17, 15) is 0 Å². The van der Waals surface area contributed by atoms with Gasteiger partial charge in [-0.05, 0) is 13.0 Å². The third-order valence-electron chi connectivity index (χ3n) is 1.44. The Hall–Kier alpha value is -0.610. The van der Waals surface area contributed by atoms with Gasteiger partial charge in [0.1, 0.15) is 0 Å². The molecular weight excluding hydrogens is 170 g/mol. The van der Waals surface area contributed by atoms with Gasteiger partial charge >= 0.3 is 0 Å². The molecule has 0 amide bonds. The average Bonchev–Trinajstić information content (AvgIpc) is 2.57. The maximum Gasteiger partial charge on any atom is 0.182 e. The Kier molecular flexibility index (Phi) is 4.71. The first-order valence-electron chi connectivity index (χ1n) is 4.27. The van der Waals surface area contributed by atoms with Gasteiger partial charge in [-0.1, -0.05) is 6.92 Å². The van der Waals surface area contributed by atoms with E-state index in [-0.39, 0.29) is 0 Å². The highest BCUT2D eigenvalue weighted by molar-refractivity contribution is 7.13. The Morgan fingerprint density at radius 3 is 3.00 bits per heavy atom. The Morgan fingerprint density at radius 1 is 1.42 bits per heavy atom. The lowest BCUT2D eigenvalue weighted by Gasteiger charge is -2.03. The number of anilines is 1. The molecule has 0 aliphatic rings. The minimum atomic E-state index is 0.952. The van der Waals surface area contributed by atoms with Crippen LogP contribution in [0.2, 0.25) is 0 Å². The third kappa shape index (κ3) is 3.69. The molecule has 0 saturated carbocycles. The monoisotopic (exact) mass is 185 g/mol. The number of hydrogen-bond donors (Lipinski definition) is 2. The molecule has 1 rings (SSSR count). The lowest BCUT2D eigenvalue weighted by atomic mass is 10.5. The Bertz CT molecular complexity index is 186. The van der Waals surface area contributed by atoms with Crippen molar-refractivity contribution in [3.05, 3.63) is 11.6 Å². The molecule has 0 aliphatic carbocycles. The van der Waals surface area contributed by atoms with E-state index in [1.165, 1.54) is 6.42 Å². The highest BCUT2D eigenvalue weighted by Crippen LogP contribution is 2.08. The molecule has 12 heavy (non-hydrogen) atoms. The molecule has 0 aliphatic heterocycles. The molecule has 68 valence electrons. The van der Waals surface area contributed by atoms with Crippen LogP contribution in [-0.2, 0) is 0 Å². The molecule has 1 aromatic rings. The van der Waals surface area contributed by atoms with Crippen LogP contribution in [0, 0.1) is 0 Å². The van der Waals surface area contributed by atoms with Crippen molar-refractivity contribution in [1.29, 1.82) is 0 Å². The van der Waals surface area contributed by atoms with E-state index in [4.69, 9.17) is 0 Å². The van der Waals surface area contributed by atoms with Crippen molar-refractivity contribution in [1.82, 2.24) is 10.3 Å². The quantitative estimate of drug-likeness (QED) is 0.660. The lowest BCUT2D eigenvalue weighted by molar-refractivity contribution is 0.687. The number of rotatable bonds is 6. The first-order chi connectivity index (χ1) is 5.93. The van der Waals surface area contributed by atoms with Crippen molar-refractivity contribution in [2.75, 3.05) is 25.0 Å². The molecule has 2 N–H and O–H groups in total. The standard InChI is InChI=1S/C8H15N3S/c1-2-3-9-4-5-10-8-11-6-7-12-8/h6-7,9H,2-5H2,1H3,(H,10,11). The zero-order chi connectivity index (χ0) is 8.65. The van der Waals surface area contributed by atoms with Gasteiger partial charge in [0, 0.05) is 24.7 Å². The zero-order valence-corrected chi connectivity index (χ0v) is 8.16. The molecule has 0 atom stereocenters. The van der Waals surface area contributed by atoms with Crippen LogP contribution in [0.15, 0.2) is 11.6 Å². The number of nitrogens with zero attached hydrogens (tertiary/aromatic N) is 1. The van der Waals surface area contributed by atoms with Gasteiger partial charge < -0.3 is 10.6 Å². The van der Waals surface area contributed by atoms with E-state index in [2.05, 4.69) is 22.5 Å². The summed E-state index contributed by atoms with van der Waals surface area (Å²) in [4.78, 5) is 4.11. The van der Waals surface area contributed by atoms with E-state index < -0.39 is 0 Å². The van der Waals surface area contributed by atoms with E-state index in [0.717, 1.165) is 24.8 Å². The lowest BCUT2D eigenvalue weighted by Crippen LogP contribution is -2.22. The minimum Gasteiger partial charge on any atom is -0.360 e. The van der Waals surface area contributed by atoms with Gasteiger partial charge in [0.25, 0.3) is 0 Å². The Labute approximate surface area is 77.2 Å². The van der Waals surface area contributed by atoms with Crippen LogP contribution in [0.1, 0.15) is 13.3 Å². The normalized spacial score (nSPS) is 10.1. The predicted molar refractivity (Wildman–Crippen MR) is 53.8 cm³/mol. The summed E-state index contributed by atoms with van der Waals surface area (Å²) in [6, 6.07) is 0. The molecule has 3 nitrogen and oxygen atoms in total. The molecule has 0 unspecified atom stereocenters. The van der Waals surface area contributed by atoms with Gasteiger partial charge in [-0.3, -0.25) is 0 Å². The SMILES string of the molecule is CCCNCCNc1nccs1.